The van der Waals surface area contributed by atoms with Crippen molar-refractivity contribution in [2.45, 2.75) is 11.4 Å². The third kappa shape index (κ3) is 2.11. The number of rotatable bonds is 2. The Morgan fingerprint density at radius 2 is 1.91 bits per heavy atom. The molecule has 0 fully saturated rings. The van der Waals surface area contributed by atoms with Crippen LogP contribution in [0.1, 0.15) is 0 Å². The largest absolute Gasteiger partial charge is 0.307 e. The third-order valence-corrected chi connectivity index (χ3v) is 6.11. The maximum atomic E-state index is 13.2. The number of fused-ring (bicyclic) bond motifs is 3. The summed E-state index contributed by atoms with van der Waals surface area (Å²) >= 11 is 5.93. The summed E-state index contributed by atoms with van der Waals surface area (Å²) in [6.45, 7) is 0.775. The molecule has 0 saturated heterocycles. The second kappa shape index (κ2) is 4.94. The fourth-order valence-electron chi connectivity index (χ4n) is 2.80. The monoisotopic (exact) mass is 351 g/mol. The fraction of sp³-hybridized carbons (Fsp3) is 0.133. The summed E-state index contributed by atoms with van der Waals surface area (Å²) < 4.78 is 42.0. The summed E-state index contributed by atoms with van der Waals surface area (Å²) in [6, 6.07) is 10.7. The summed E-state index contributed by atoms with van der Waals surface area (Å²) in [4.78, 5) is 4.28. The molecule has 3 aromatic rings. The van der Waals surface area contributed by atoms with E-state index in [9.17, 15) is 12.8 Å². The zero-order chi connectivity index (χ0) is 16.2. The first kappa shape index (κ1) is 14.5. The summed E-state index contributed by atoms with van der Waals surface area (Å²) in [5.41, 5.74) is 1.61. The van der Waals surface area contributed by atoms with E-state index < -0.39 is 15.8 Å². The topological polar surface area (TPSA) is 55.2 Å². The highest BCUT2D eigenvalue weighted by Crippen LogP contribution is 2.33. The highest BCUT2D eigenvalue weighted by molar-refractivity contribution is 7.93. The second-order valence-corrected chi connectivity index (χ2v) is 7.44. The van der Waals surface area contributed by atoms with Crippen molar-refractivity contribution in [2.75, 3.05) is 10.8 Å². The molecule has 8 heteroatoms. The van der Waals surface area contributed by atoms with Crippen LogP contribution in [-0.4, -0.2) is 24.5 Å². The Labute approximate surface area is 137 Å². The molecule has 0 radical (unpaired) electrons. The van der Waals surface area contributed by atoms with E-state index in [1.54, 1.807) is 0 Å². The first-order valence-electron chi connectivity index (χ1n) is 6.91. The lowest BCUT2D eigenvalue weighted by Crippen LogP contribution is -2.29. The van der Waals surface area contributed by atoms with Gasteiger partial charge >= 0.3 is 0 Å². The van der Waals surface area contributed by atoms with Crippen molar-refractivity contribution < 1.29 is 12.8 Å². The molecular formula is C15H11ClFN3O2S. The molecule has 0 bridgehead atoms. The van der Waals surface area contributed by atoms with Gasteiger partial charge < -0.3 is 4.57 Å². The van der Waals surface area contributed by atoms with Crippen molar-refractivity contribution in [1.29, 1.82) is 0 Å². The van der Waals surface area contributed by atoms with Crippen LogP contribution in [0.4, 0.5) is 10.3 Å². The molecule has 1 aliphatic rings. The quantitative estimate of drug-likeness (QED) is 0.713. The number of sulfonamides is 1. The number of halogens is 2. The SMILES string of the molecule is O=S(=O)(c1ccc(F)cc1Cl)N1CCn2c1nc1ccccc12. The molecule has 0 spiro atoms. The van der Waals surface area contributed by atoms with Gasteiger partial charge in [0.15, 0.2) is 0 Å². The molecule has 0 saturated carbocycles. The van der Waals surface area contributed by atoms with Crippen LogP contribution in [0.25, 0.3) is 11.0 Å². The van der Waals surface area contributed by atoms with Crippen molar-refractivity contribution >= 4 is 38.6 Å². The number of nitrogens with zero attached hydrogens (tertiary/aromatic N) is 3. The zero-order valence-corrected chi connectivity index (χ0v) is 13.4. The predicted octanol–water partition coefficient (Wildman–Crippen LogP) is 3.04. The average Bonchev–Trinajstić information content (AvgIpc) is 3.05. The van der Waals surface area contributed by atoms with Crippen molar-refractivity contribution in [3.63, 3.8) is 0 Å². The van der Waals surface area contributed by atoms with Gasteiger partial charge in [0.1, 0.15) is 10.7 Å². The predicted molar refractivity (Wildman–Crippen MR) is 85.7 cm³/mol. The molecule has 4 rings (SSSR count). The normalized spacial score (nSPS) is 14.4. The van der Waals surface area contributed by atoms with Gasteiger partial charge in [-0.2, -0.15) is 0 Å². The smallest absolute Gasteiger partial charge is 0.268 e. The van der Waals surface area contributed by atoms with Gasteiger partial charge in [-0.3, -0.25) is 0 Å². The molecule has 1 aromatic heterocycles. The highest BCUT2D eigenvalue weighted by Gasteiger charge is 2.35. The van der Waals surface area contributed by atoms with Crippen LogP contribution in [0, 0.1) is 5.82 Å². The van der Waals surface area contributed by atoms with Crippen LogP contribution in [0.2, 0.25) is 5.02 Å². The number of aromatic nitrogens is 2. The van der Waals surface area contributed by atoms with Crippen molar-refractivity contribution in [1.82, 2.24) is 9.55 Å². The lowest BCUT2D eigenvalue weighted by Gasteiger charge is -2.17. The second-order valence-electron chi connectivity index (χ2n) is 5.20. The maximum absolute atomic E-state index is 13.2. The number of hydrogen-bond donors (Lipinski definition) is 0. The molecule has 0 amide bonds. The number of anilines is 1. The molecule has 23 heavy (non-hydrogen) atoms. The Morgan fingerprint density at radius 3 is 2.70 bits per heavy atom. The average molecular weight is 352 g/mol. The number of benzene rings is 2. The van der Waals surface area contributed by atoms with Crippen LogP contribution >= 0.6 is 11.6 Å². The van der Waals surface area contributed by atoms with Crippen molar-refractivity contribution in [2.24, 2.45) is 0 Å². The van der Waals surface area contributed by atoms with Crippen LogP contribution < -0.4 is 4.31 Å². The lowest BCUT2D eigenvalue weighted by molar-refractivity contribution is 0.590. The van der Waals surface area contributed by atoms with Gasteiger partial charge in [0, 0.05) is 6.54 Å². The van der Waals surface area contributed by atoms with Gasteiger partial charge in [-0.15, -0.1) is 0 Å². The molecule has 0 N–H and O–H groups in total. The van der Waals surface area contributed by atoms with E-state index in [1.165, 1.54) is 10.4 Å². The van der Waals surface area contributed by atoms with Crippen molar-refractivity contribution in [3.8, 4) is 0 Å². The van der Waals surface area contributed by atoms with Gasteiger partial charge in [-0.25, -0.2) is 22.1 Å². The molecule has 118 valence electrons. The Hall–Kier alpha value is -2.12. The van der Waals surface area contributed by atoms with E-state index in [2.05, 4.69) is 4.98 Å². The minimum absolute atomic E-state index is 0.124. The van der Waals surface area contributed by atoms with E-state index in [-0.39, 0.29) is 16.5 Å². The van der Waals surface area contributed by atoms with E-state index in [1.807, 2.05) is 28.8 Å². The molecule has 0 atom stereocenters. The number of hydrogen-bond acceptors (Lipinski definition) is 3. The summed E-state index contributed by atoms with van der Waals surface area (Å²) in [5, 5.41) is -0.139. The molecular weight excluding hydrogens is 341 g/mol. The standard InChI is InChI=1S/C15H11ClFN3O2S/c16-11-9-10(17)5-6-14(11)23(21,22)20-8-7-19-13-4-2-1-3-12(13)18-15(19)20/h1-6,9H,7-8H2. The van der Waals surface area contributed by atoms with E-state index in [0.29, 0.717) is 12.5 Å². The number of para-hydroxylation sites is 2. The maximum Gasteiger partial charge on any atom is 0.268 e. The molecule has 1 aliphatic heterocycles. The van der Waals surface area contributed by atoms with E-state index >= 15 is 0 Å². The summed E-state index contributed by atoms with van der Waals surface area (Å²) in [7, 11) is -3.90. The zero-order valence-electron chi connectivity index (χ0n) is 11.8. The van der Waals surface area contributed by atoms with Gasteiger partial charge in [0.05, 0.1) is 22.6 Å². The van der Waals surface area contributed by atoms with Crippen LogP contribution in [0.3, 0.4) is 0 Å². The molecule has 2 aromatic carbocycles. The summed E-state index contributed by atoms with van der Waals surface area (Å²) in [6.07, 6.45) is 0. The van der Waals surface area contributed by atoms with Gasteiger partial charge in [0.2, 0.25) is 5.95 Å². The minimum Gasteiger partial charge on any atom is -0.307 e. The van der Waals surface area contributed by atoms with Gasteiger partial charge in [0.25, 0.3) is 10.0 Å². The minimum atomic E-state index is -3.90. The fourth-order valence-corrected chi connectivity index (χ4v) is 4.71. The Bertz CT molecular complexity index is 1030. The van der Waals surface area contributed by atoms with Crippen molar-refractivity contribution in [3.05, 3.63) is 53.3 Å². The van der Waals surface area contributed by atoms with E-state index in [4.69, 9.17) is 11.6 Å². The Balaban J connectivity index is 1.87. The molecule has 0 unspecified atom stereocenters. The number of imidazole rings is 1. The Morgan fingerprint density at radius 1 is 1.13 bits per heavy atom. The molecule has 5 nitrogen and oxygen atoms in total. The van der Waals surface area contributed by atoms with Crippen LogP contribution in [0.5, 0.6) is 0 Å². The lowest BCUT2D eigenvalue weighted by atomic mass is 10.3. The first-order valence-corrected chi connectivity index (χ1v) is 8.73. The van der Waals surface area contributed by atoms with Crippen LogP contribution in [-0.2, 0) is 16.6 Å². The first-order chi connectivity index (χ1) is 11.0. The molecule has 0 aliphatic carbocycles. The summed E-state index contributed by atoms with van der Waals surface area (Å²) in [5.74, 6) is -0.228. The highest BCUT2D eigenvalue weighted by atomic mass is 35.5. The van der Waals surface area contributed by atoms with Gasteiger partial charge in [-0.1, -0.05) is 23.7 Å². The molecule has 2 heterocycles. The van der Waals surface area contributed by atoms with E-state index in [0.717, 1.165) is 23.2 Å². The third-order valence-electron chi connectivity index (χ3n) is 3.85. The van der Waals surface area contributed by atoms with Crippen LogP contribution in [0.15, 0.2) is 47.4 Å². The Kier molecular flexibility index (Phi) is 3.11. The van der Waals surface area contributed by atoms with Gasteiger partial charge in [-0.05, 0) is 30.3 Å².